The highest BCUT2D eigenvalue weighted by Crippen LogP contribution is 2.43. The molecule has 1 amide bonds. The lowest BCUT2D eigenvalue weighted by Gasteiger charge is -2.34. The number of rotatable bonds is 1. The summed E-state index contributed by atoms with van der Waals surface area (Å²) in [6, 6.07) is 5.92. The molecule has 40 heavy (non-hydrogen) atoms. The molecule has 0 N–H and O–H groups in total. The van der Waals surface area contributed by atoms with E-state index >= 15 is 8.78 Å². The lowest BCUT2D eigenvalue weighted by atomic mass is 9.77. The second-order valence-corrected chi connectivity index (χ2v) is 12.6. The van der Waals surface area contributed by atoms with Crippen LogP contribution in [0, 0.1) is 23.2 Å². The standard InChI is InChI=1S/C30H37F2N3O5/c1-17-22(16-36)35-15-24(17)40-27-26(33-20-10-5-6-11-21(20)34-27)30(31,32)12-8-7-9-18-13-23(18)39-25(37)14-19(28(35)38)29(2,3)4/h5-6,10-11,16-19,22-24H,7-9,12-15H2,1-4H3/t17-,18+,19+,22+,23+,24-/m0/s1. The van der Waals surface area contributed by atoms with Crippen molar-refractivity contribution < 1.29 is 32.6 Å². The minimum Gasteiger partial charge on any atom is -0.471 e. The molecule has 6 atom stereocenters. The van der Waals surface area contributed by atoms with E-state index in [0.717, 1.165) is 0 Å². The van der Waals surface area contributed by atoms with Crippen LogP contribution in [0.1, 0.15) is 71.9 Å². The highest BCUT2D eigenvalue weighted by Gasteiger charge is 2.49. The van der Waals surface area contributed by atoms with Crippen LogP contribution < -0.4 is 4.74 Å². The molecule has 2 aromatic rings. The van der Waals surface area contributed by atoms with E-state index in [4.69, 9.17) is 9.47 Å². The number of amides is 1. The van der Waals surface area contributed by atoms with Gasteiger partial charge in [0, 0.05) is 12.3 Å². The van der Waals surface area contributed by atoms with Gasteiger partial charge in [-0.15, -0.1) is 0 Å². The third-order valence-electron chi connectivity index (χ3n) is 8.60. The molecule has 3 heterocycles. The summed E-state index contributed by atoms with van der Waals surface area (Å²) in [6.07, 6.45) is 1.34. The molecule has 1 aromatic heterocycles. The quantitative estimate of drug-likeness (QED) is 0.357. The Bertz CT molecular complexity index is 1300. The molecular formula is C30H37F2N3O5. The monoisotopic (exact) mass is 557 g/mol. The molecule has 2 fully saturated rings. The van der Waals surface area contributed by atoms with Crippen molar-refractivity contribution in [3.8, 4) is 5.88 Å². The van der Waals surface area contributed by atoms with Gasteiger partial charge in [-0.05, 0) is 42.7 Å². The molecule has 2 bridgehead atoms. The Morgan fingerprint density at radius 1 is 1.05 bits per heavy atom. The second kappa shape index (κ2) is 10.7. The van der Waals surface area contributed by atoms with Gasteiger partial charge in [-0.3, -0.25) is 9.59 Å². The Kier molecular flexibility index (Phi) is 7.56. The van der Waals surface area contributed by atoms with Gasteiger partial charge in [0.2, 0.25) is 11.8 Å². The Balaban J connectivity index is 1.53. The van der Waals surface area contributed by atoms with Crippen molar-refractivity contribution in [2.75, 3.05) is 6.54 Å². The Morgan fingerprint density at radius 2 is 1.75 bits per heavy atom. The Labute approximate surface area is 232 Å². The maximum Gasteiger partial charge on any atom is 0.306 e. The molecule has 1 saturated carbocycles. The zero-order chi connectivity index (χ0) is 28.8. The van der Waals surface area contributed by atoms with Gasteiger partial charge in [-0.1, -0.05) is 46.2 Å². The van der Waals surface area contributed by atoms with Gasteiger partial charge in [0.25, 0.3) is 5.92 Å². The van der Waals surface area contributed by atoms with E-state index in [1.54, 1.807) is 31.2 Å². The second-order valence-electron chi connectivity index (χ2n) is 12.6. The zero-order valence-corrected chi connectivity index (χ0v) is 23.4. The smallest absolute Gasteiger partial charge is 0.306 e. The third-order valence-corrected chi connectivity index (χ3v) is 8.60. The minimum absolute atomic E-state index is 0.00471. The topological polar surface area (TPSA) is 98.7 Å². The first kappa shape index (κ1) is 28.4. The van der Waals surface area contributed by atoms with Gasteiger partial charge in [0.05, 0.1) is 36.0 Å². The molecule has 0 spiro atoms. The average molecular weight is 558 g/mol. The summed E-state index contributed by atoms with van der Waals surface area (Å²) in [5.41, 5.74) is -0.368. The summed E-state index contributed by atoms with van der Waals surface area (Å²) < 4.78 is 43.1. The van der Waals surface area contributed by atoms with Crippen molar-refractivity contribution in [2.24, 2.45) is 23.2 Å². The van der Waals surface area contributed by atoms with Crippen LogP contribution in [0.15, 0.2) is 24.3 Å². The number of fused-ring (bicyclic) bond motifs is 5. The number of ether oxygens (including phenoxy) is 2. The molecular weight excluding hydrogens is 520 g/mol. The number of hydrogen-bond acceptors (Lipinski definition) is 7. The maximum absolute atomic E-state index is 15.7. The molecule has 2 aliphatic heterocycles. The number of esters is 1. The number of halogens is 2. The summed E-state index contributed by atoms with van der Waals surface area (Å²) in [4.78, 5) is 49.1. The van der Waals surface area contributed by atoms with Crippen LogP contribution in [0.3, 0.4) is 0 Å². The maximum atomic E-state index is 15.7. The number of carbonyl (C=O) groups is 3. The van der Waals surface area contributed by atoms with Crippen LogP contribution in [0.5, 0.6) is 5.88 Å². The van der Waals surface area contributed by atoms with Gasteiger partial charge < -0.3 is 19.2 Å². The number of alkyl halides is 2. The van der Waals surface area contributed by atoms with Gasteiger partial charge in [0.15, 0.2) is 5.69 Å². The zero-order valence-electron chi connectivity index (χ0n) is 23.4. The first-order chi connectivity index (χ1) is 18.9. The molecule has 1 saturated heterocycles. The van der Waals surface area contributed by atoms with Crippen molar-refractivity contribution in [1.82, 2.24) is 14.9 Å². The van der Waals surface area contributed by atoms with Crippen molar-refractivity contribution in [1.29, 1.82) is 0 Å². The molecule has 3 aliphatic rings. The minimum atomic E-state index is -3.30. The van der Waals surface area contributed by atoms with Crippen LogP contribution >= 0.6 is 0 Å². The van der Waals surface area contributed by atoms with E-state index in [2.05, 4.69) is 9.97 Å². The largest absolute Gasteiger partial charge is 0.471 e. The number of benzene rings is 1. The van der Waals surface area contributed by atoms with Gasteiger partial charge in [0.1, 0.15) is 18.5 Å². The fraction of sp³-hybridized carbons (Fsp3) is 0.633. The van der Waals surface area contributed by atoms with E-state index < -0.39 is 53.4 Å². The van der Waals surface area contributed by atoms with E-state index in [1.807, 2.05) is 20.8 Å². The number of hydrogen-bond donors (Lipinski definition) is 0. The predicted octanol–water partition coefficient (Wildman–Crippen LogP) is 5.07. The average Bonchev–Trinajstić information content (AvgIpc) is 3.55. The summed E-state index contributed by atoms with van der Waals surface area (Å²) >= 11 is 0. The van der Waals surface area contributed by atoms with Crippen LogP contribution in [-0.4, -0.2) is 57.8 Å². The van der Waals surface area contributed by atoms with Gasteiger partial charge in [-0.2, -0.15) is 8.78 Å². The van der Waals surface area contributed by atoms with E-state index in [0.29, 0.717) is 36.6 Å². The van der Waals surface area contributed by atoms with Crippen LogP contribution in [0.25, 0.3) is 11.0 Å². The summed E-state index contributed by atoms with van der Waals surface area (Å²) in [7, 11) is 0. The summed E-state index contributed by atoms with van der Waals surface area (Å²) in [5.74, 6) is -5.48. The van der Waals surface area contributed by atoms with Crippen molar-refractivity contribution >= 4 is 29.2 Å². The van der Waals surface area contributed by atoms with Gasteiger partial charge >= 0.3 is 5.97 Å². The molecule has 1 aliphatic carbocycles. The number of aromatic nitrogens is 2. The summed E-state index contributed by atoms with van der Waals surface area (Å²) in [5, 5.41) is 0. The molecule has 5 rings (SSSR count). The molecule has 216 valence electrons. The van der Waals surface area contributed by atoms with Crippen LogP contribution in [0.4, 0.5) is 8.78 Å². The number of nitrogens with zero attached hydrogens (tertiary/aromatic N) is 3. The summed E-state index contributed by atoms with van der Waals surface area (Å²) in [6.45, 7) is 7.36. The highest BCUT2D eigenvalue weighted by molar-refractivity contribution is 5.87. The van der Waals surface area contributed by atoms with Crippen molar-refractivity contribution in [3.05, 3.63) is 30.0 Å². The number of carbonyl (C=O) groups excluding carboxylic acids is 3. The first-order valence-corrected chi connectivity index (χ1v) is 14.2. The predicted molar refractivity (Wildman–Crippen MR) is 143 cm³/mol. The number of para-hydroxylation sites is 2. The fourth-order valence-corrected chi connectivity index (χ4v) is 5.90. The van der Waals surface area contributed by atoms with E-state index in [-0.39, 0.29) is 43.2 Å². The third kappa shape index (κ3) is 5.67. The molecule has 0 unspecified atom stereocenters. The van der Waals surface area contributed by atoms with E-state index in [9.17, 15) is 14.4 Å². The van der Waals surface area contributed by atoms with Gasteiger partial charge in [-0.25, -0.2) is 9.97 Å². The Hall–Kier alpha value is -3.17. The van der Waals surface area contributed by atoms with Crippen molar-refractivity contribution in [2.45, 2.75) is 90.4 Å². The first-order valence-electron chi connectivity index (χ1n) is 14.2. The van der Waals surface area contributed by atoms with Crippen LogP contribution in [-0.2, 0) is 25.0 Å². The lowest BCUT2D eigenvalue weighted by molar-refractivity contribution is -0.153. The van der Waals surface area contributed by atoms with Crippen LogP contribution in [0.2, 0.25) is 0 Å². The normalized spacial score (nSPS) is 31.3. The molecule has 10 heteroatoms. The number of aldehydes is 1. The molecule has 1 aromatic carbocycles. The molecule has 0 radical (unpaired) electrons. The molecule has 8 nitrogen and oxygen atoms in total. The highest BCUT2D eigenvalue weighted by atomic mass is 19.3. The SMILES string of the molecule is C[C@@H]1[C@@H]2CN(C(=O)[C@H](C(C)(C)C)CC(=O)O[C@@H]3C[C@H]3CCCCC(F)(F)c3nc4ccccc4nc3O2)[C@@H]1C=O. The van der Waals surface area contributed by atoms with E-state index in [1.165, 1.54) is 4.90 Å². The fourth-order valence-electron chi connectivity index (χ4n) is 5.90. The Morgan fingerprint density at radius 3 is 2.42 bits per heavy atom. The van der Waals surface area contributed by atoms with Crippen molar-refractivity contribution in [3.63, 3.8) is 0 Å². The lowest BCUT2D eigenvalue weighted by Crippen LogP contribution is -2.46.